The van der Waals surface area contributed by atoms with E-state index in [1.54, 1.807) is 18.3 Å². The van der Waals surface area contributed by atoms with Gasteiger partial charge in [-0.15, -0.1) is 0 Å². The van der Waals surface area contributed by atoms with Gasteiger partial charge in [-0.25, -0.2) is 0 Å². The standard InChI is InChI=1S/C15H20N2O3S/c1-2-20-14(18)3-5-15(12-16,13-4-10-21-11-13)17-6-8-19-9-7-17/h4,10-11H,2-3,5-9H2,1H3. The maximum absolute atomic E-state index is 11.7. The Hall–Kier alpha value is -1.42. The lowest BCUT2D eigenvalue weighted by Gasteiger charge is -2.40. The summed E-state index contributed by atoms with van der Waals surface area (Å²) in [4.78, 5) is 13.8. The third-order valence-electron chi connectivity index (χ3n) is 3.73. The highest BCUT2D eigenvalue weighted by atomic mass is 32.1. The number of morpholine rings is 1. The second-order valence-corrected chi connectivity index (χ2v) is 5.67. The van der Waals surface area contributed by atoms with Gasteiger partial charge >= 0.3 is 5.97 Å². The van der Waals surface area contributed by atoms with E-state index in [0.717, 1.165) is 5.56 Å². The number of carbonyl (C=O) groups is 1. The van der Waals surface area contributed by atoms with Crippen molar-refractivity contribution in [2.24, 2.45) is 0 Å². The van der Waals surface area contributed by atoms with Crippen LogP contribution in [0, 0.1) is 11.3 Å². The molecular weight excluding hydrogens is 288 g/mol. The Morgan fingerprint density at radius 2 is 2.33 bits per heavy atom. The van der Waals surface area contributed by atoms with Gasteiger partial charge in [-0.1, -0.05) is 0 Å². The number of esters is 1. The van der Waals surface area contributed by atoms with Crippen LogP contribution in [0.5, 0.6) is 0 Å². The average Bonchev–Trinajstić information content (AvgIpc) is 3.05. The second kappa shape index (κ2) is 7.55. The molecule has 1 unspecified atom stereocenters. The van der Waals surface area contributed by atoms with Crippen LogP contribution in [0.25, 0.3) is 0 Å². The Bertz CT molecular complexity index is 492. The van der Waals surface area contributed by atoms with Crippen molar-refractivity contribution in [2.75, 3.05) is 32.9 Å². The molecule has 1 aliphatic rings. The third-order valence-corrected chi connectivity index (χ3v) is 4.41. The number of thiophene rings is 1. The predicted molar refractivity (Wildman–Crippen MR) is 79.9 cm³/mol. The minimum atomic E-state index is -0.767. The molecule has 5 nitrogen and oxygen atoms in total. The van der Waals surface area contributed by atoms with Crippen molar-refractivity contribution in [3.63, 3.8) is 0 Å². The highest BCUT2D eigenvalue weighted by Gasteiger charge is 2.40. The molecule has 2 heterocycles. The molecule has 21 heavy (non-hydrogen) atoms. The van der Waals surface area contributed by atoms with Crippen LogP contribution in [0.1, 0.15) is 25.3 Å². The van der Waals surface area contributed by atoms with E-state index in [-0.39, 0.29) is 12.4 Å². The van der Waals surface area contributed by atoms with E-state index in [1.807, 2.05) is 16.8 Å². The number of nitrogens with zero attached hydrogens (tertiary/aromatic N) is 2. The largest absolute Gasteiger partial charge is 0.466 e. The lowest BCUT2D eigenvalue weighted by molar-refractivity contribution is -0.144. The zero-order chi connectivity index (χ0) is 15.1. The Labute approximate surface area is 129 Å². The molecule has 0 N–H and O–H groups in total. The molecule has 1 fully saturated rings. The number of ether oxygens (including phenoxy) is 2. The molecular formula is C15H20N2O3S. The number of nitriles is 1. The Morgan fingerprint density at radius 3 is 2.90 bits per heavy atom. The van der Waals surface area contributed by atoms with Crippen molar-refractivity contribution in [1.82, 2.24) is 4.90 Å². The second-order valence-electron chi connectivity index (χ2n) is 4.89. The topological polar surface area (TPSA) is 62.6 Å². The first-order valence-electron chi connectivity index (χ1n) is 7.15. The van der Waals surface area contributed by atoms with Crippen molar-refractivity contribution >= 4 is 17.3 Å². The van der Waals surface area contributed by atoms with Gasteiger partial charge in [0, 0.05) is 19.5 Å². The molecule has 1 aromatic heterocycles. The van der Waals surface area contributed by atoms with Crippen LogP contribution >= 0.6 is 11.3 Å². The smallest absolute Gasteiger partial charge is 0.305 e. The normalized spacial score (nSPS) is 18.7. The van der Waals surface area contributed by atoms with E-state index < -0.39 is 5.54 Å². The van der Waals surface area contributed by atoms with Gasteiger partial charge < -0.3 is 9.47 Å². The van der Waals surface area contributed by atoms with Crippen molar-refractivity contribution in [3.8, 4) is 6.07 Å². The molecule has 0 bridgehead atoms. The summed E-state index contributed by atoms with van der Waals surface area (Å²) in [6.45, 7) is 4.79. The van der Waals surface area contributed by atoms with Crippen LogP contribution < -0.4 is 0 Å². The van der Waals surface area contributed by atoms with E-state index in [4.69, 9.17) is 9.47 Å². The zero-order valence-corrected chi connectivity index (χ0v) is 13.0. The molecule has 6 heteroatoms. The number of hydrogen-bond acceptors (Lipinski definition) is 6. The van der Waals surface area contributed by atoms with Crippen LogP contribution in [0.2, 0.25) is 0 Å². The van der Waals surface area contributed by atoms with Crippen LogP contribution in [-0.4, -0.2) is 43.8 Å². The predicted octanol–water partition coefficient (Wildman–Crippen LogP) is 2.14. The zero-order valence-electron chi connectivity index (χ0n) is 12.2. The first-order valence-corrected chi connectivity index (χ1v) is 8.09. The Morgan fingerprint density at radius 1 is 1.57 bits per heavy atom. The summed E-state index contributed by atoms with van der Waals surface area (Å²) in [7, 11) is 0. The lowest BCUT2D eigenvalue weighted by Crippen LogP contribution is -2.50. The van der Waals surface area contributed by atoms with Gasteiger partial charge in [0.25, 0.3) is 0 Å². The maximum atomic E-state index is 11.7. The lowest BCUT2D eigenvalue weighted by atomic mass is 9.86. The molecule has 0 aromatic carbocycles. The van der Waals surface area contributed by atoms with Crippen LogP contribution in [0.4, 0.5) is 0 Å². The molecule has 1 aromatic rings. The summed E-state index contributed by atoms with van der Waals surface area (Å²) in [5.41, 5.74) is 0.192. The SMILES string of the molecule is CCOC(=O)CCC(C#N)(c1ccsc1)N1CCOCC1. The fourth-order valence-electron chi connectivity index (χ4n) is 2.64. The summed E-state index contributed by atoms with van der Waals surface area (Å²) >= 11 is 1.57. The molecule has 1 saturated heterocycles. The highest BCUT2D eigenvalue weighted by Crippen LogP contribution is 2.35. The van der Waals surface area contributed by atoms with Gasteiger partial charge in [-0.05, 0) is 35.7 Å². The molecule has 0 saturated carbocycles. The van der Waals surface area contributed by atoms with E-state index in [1.165, 1.54) is 0 Å². The fourth-order valence-corrected chi connectivity index (χ4v) is 3.36. The minimum absolute atomic E-state index is 0.245. The van der Waals surface area contributed by atoms with Crippen molar-refractivity contribution < 1.29 is 14.3 Å². The molecule has 0 amide bonds. The van der Waals surface area contributed by atoms with E-state index >= 15 is 0 Å². The van der Waals surface area contributed by atoms with Crippen LogP contribution in [0.15, 0.2) is 16.8 Å². The Balaban J connectivity index is 2.20. The van der Waals surface area contributed by atoms with Crippen molar-refractivity contribution in [3.05, 3.63) is 22.4 Å². The number of hydrogen-bond donors (Lipinski definition) is 0. The fraction of sp³-hybridized carbons (Fsp3) is 0.600. The van der Waals surface area contributed by atoms with Crippen molar-refractivity contribution in [1.29, 1.82) is 5.26 Å². The first-order chi connectivity index (χ1) is 10.2. The van der Waals surface area contributed by atoms with Gasteiger partial charge in [-0.2, -0.15) is 16.6 Å². The van der Waals surface area contributed by atoms with E-state index in [9.17, 15) is 10.1 Å². The third kappa shape index (κ3) is 3.62. The summed E-state index contributed by atoms with van der Waals surface area (Å²) < 4.78 is 10.4. The van der Waals surface area contributed by atoms with Gasteiger partial charge in [-0.3, -0.25) is 9.69 Å². The molecule has 0 aliphatic carbocycles. The van der Waals surface area contributed by atoms with Gasteiger partial charge in [0.1, 0.15) is 5.54 Å². The quantitative estimate of drug-likeness (QED) is 0.754. The van der Waals surface area contributed by atoms with Gasteiger partial charge in [0.15, 0.2) is 0 Å². The van der Waals surface area contributed by atoms with E-state index in [0.29, 0.717) is 39.3 Å². The minimum Gasteiger partial charge on any atom is -0.466 e. The summed E-state index contributed by atoms with van der Waals surface area (Å²) in [6.07, 6.45) is 0.688. The number of rotatable bonds is 6. The molecule has 1 atom stereocenters. The van der Waals surface area contributed by atoms with Crippen molar-refractivity contribution in [2.45, 2.75) is 25.3 Å². The number of carbonyl (C=O) groups excluding carboxylic acids is 1. The highest BCUT2D eigenvalue weighted by molar-refractivity contribution is 7.08. The molecule has 0 spiro atoms. The molecule has 2 rings (SSSR count). The molecule has 0 radical (unpaired) electrons. The van der Waals surface area contributed by atoms with Gasteiger partial charge in [0.05, 0.1) is 25.9 Å². The van der Waals surface area contributed by atoms with Crippen LogP contribution in [0.3, 0.4) is 0 Å². The van der Waals surface area contributed by atoms with E-state index in [2.05, 4.69) is 11.0 Å². The molecule has 114 valence electrons. The average molecular weight is 308 g/mol. The molecule has 1 aliphatic heterocycles. The summed E-state index contributed by atoms with van der Waals surface area (Å²) in [5, 5.41) is 13.8. The maximum Gasteiger partial charge on any atom is 0.305 e. The summed E-state index contributed by atoms with van der Waals surface area (Å²) in [6, 6.07) is 4.42. The first kappa shape index (κ1) is 16.0. The van der Waals surface area contributed by atoms with Gasteiger partial charge in [0.2, 0.25) is 0 Å². The monoisotopic (exact) mass is 308 g/mol. The van der Waals surface area contributed by atoms with Crippen LogP contribution in [-0.2, 0) is 19.8 Å². The Kier molecular flexibility index (Phi) is 5.74. The summed E-state index contributed by atoms with van der Waals surface area (Å²) in [5.74, 6) is -0.249.